The molecule has 0 bridgehead atoms. The SMILES string of the molecule is Cc1cc(-c2nc3cccnn3c2-c2ccnc(NC(=O)NCC(O)c3ccccn3)c2)ccc1F. The van der Waals surface area contributed by atoms with Crippen molar-refractivity contribution in [1.82, 2.24) is 29.9 Å². The molecule has 0 spiro atoms. The molecule has 0 aliphatic heterocycles. The van der Waals surface area contributed by atoms with Crippen LogP contribution in [0.3, 0.4) is 0 Å². The van der Waals surface area contributed by atoms with E-state index in [1.54, 1.807) is 78.6 Å². The van der Waals surface area contributed by atoms with Gasteiger partial charge < -0.3 is 10.4 Å². The number of benzene rings is 1. The van der Waals surface area contributed by atoms with Gasteiger partial charge in [-0.25, -0.2) is 23.7 Å². The van der Waals surface area contributed by atoms with Crippen LogP contribution >= 0.6 is 0 Å². The molecular formula is C26H22FN7O2. The first-order valence-corrected chi connectivity index (χ1v) is 11.2. The third-order valence-electron chi connectivity index (χ3n) is 5.58. The molecule has 10 heteroatoms. The van der Waals surface area contributed by atoms with E-state index in [0.29, 0.717) is 39.7 Å². The Hall–Kier alpha value is -4.70. The van der Waals surface area contributed by atoms with Gasteiger partial charge in [0.05, 0.1) is 17.9 Å². The second-order valence-corrected chi connectivity index (χ2v) is 8.10. The van der Waals surface area contributed by atoms with Crippen molar-refractivity contribution < 1.29 is 14.3 Å². The van der Waals surface area contributed by atoms with Gasteiger partial charge in [-0.2, -0.15) is 5.10 Å². The van der Waals surface area contributed by atoms with Crippen molar-refractivity contribution in [3.8, 4) is 22.5 Å². The van der Waals surface area contributed by atoms with Crippen LogP contribution in [0.2, 0.25) is 0 Å². The number of carbonyl (C=O) groups is 1. The van der Waals surface area contributed by atoms with Gasteiger partial charge in [-0.05, 0) is 67.1 Å². The number of nitrogens with one attached hydrogen (secondary N) is 2. The highest BCUT2D eigenvalue weighted by atomic mass is 19.1. The van der Waals surface area contributed by atoms with Crippen molar-refractivity contribution in [2.24, 2.45) is 0 Å². The average molecular weight is 484 g/mol. The molecule has 0 fully saturated rings. The van der Waals surface area contributed by atoms with E-state index in [1.165, 1.54) is 6.07 Å². The number of aliphatic hydroxyl groups is 1. The Bertz CT molecular complexity index is 1540. The van der Waals surface area contributed by atoms with Crippen molar-refractivity contribution in [3.05, 3.63) is 96.3 Å². The maximum Gasteiger partial charge on any atom is 0.320 e. The molecular weight excluding hydrogens is 461 g/mol. The van der Waals surface area contributed by atoms with Gasteiger partial charge in [0.25, 0.3) is 0 Å². The number of anilines is 1. The van der Waals surface area contributed by atoms with E-state index in [-0.39, 0.29) is 12.4 Å². The molecule has 3 N–H and O–H groups in total. The van der Waals surface area contributed by atoms with Crippen LogP contribution in [0.15, 0.2) is 79.3 Å². The Morgan fingerprint density at radius 2 is 1.92 bits per heavy atom. The summed E-state index contributed by atoms with van der Waals surface area (Å²) in [6, 6.07) is 16.6. The Morgan fingerprint density at radius 1 is 1.03 bits per heavy atom. The molecule has 9 nitrogen and oxygen atoms in total. The largest absolute Gasteiger partial charge is 0.385 e. The molecule has 0 radical (unpaired) electrons. The number of hydrogen-bond acceptors (Lipinski definition) is 6. The highest BCUT2D eigenvalue weighted by Crippen LogP contribution is 2.33. The van der Waals surface area contributed by atoms with Gasteiger partial charge in [0.1, 0.15) is 23.4 Å². The topological polar surface area (TPSA) is 117 Å². The van der Waals surface area contributed by atoms with E-state index in [1.807, 2.05) is 6.07 Å². The predicted octanol–water partition coefficient (Wildman–Crippen LogP) is 4.16. The predicted molar refractivity (Wildman–Crippen MR) is 133 cm³/mol. The van der Waals surface area contributed by atoms with E-state index in [4.69, 9.17) is 4.98 Å². The number of carbonyl (C=O) groups excluding carboxylic acids is 1. The maximum absolute atomic E-state index is 13.9. The van der Waals surface area contributed by atoms with Crippen LogP contribution < -0.4 is 10.6 Å². The molecule has 180 valence electrons. The Balaban J connectivity index is 1.42. The summed E-state index contributed by atoms with van der Waals surface area (Å²) in [6.45, 7) is 1.68. The van der Waals surface area contributed by atoms with E-state index >= 15 is 0 Å². The standard InChI is InChI=1S/C26H22FN7O2/c1-16-13-17(7-8-19(16)27)24-25(34-23(33-24)6-4-11-31-34)18-9-12-29-22(14-18)32-26(36)30-15-21(35)20-5-2-3-10-28-20/h2-14,21,35H,15H2,1H3,(H2,29,30,32,36). The zero-order chi connectivity index (χ0) is 25.1. The molecule has 4 aromatic heterocycles. The molecule has 4 heterocycles. The second-order valence-electron chi connectivity index (χ2n) is 8.10. The van der Waals surface area contributed by atoms with Crippen molar-refractivity contribution in [2.45, 2.75) is 13.0 Å². The maximum atomic E-state index is 13.9. The molecule has 1 unspecified atom stereocenters. The lowest BCUT2D eigenvalue weighted by atomic mass is 10.0. The van der Waals surface area contributed by atoms with Crippen LogP contribution in [0.1, 0.15) is 17.4 Å². The summed E-state index contributed by atoms with van der Waals surface area (Å²) in [5.74, 6) is 0.00112. The van der Waals surface area contributed by atoms with Gasteiger partial charge >= 0.3 is 6.03 Å². The lowest BCUT2D eigenvalue weighted by Gasteiger charge is -2.12. The smallest absolute Gasteiger partial charge is 0.320 e. The minimum Gasteiger partial charge on any atom is -0.385 e. The number of halogens is 1. The fourth-order valence-corrected chi connectivity index (χ4v) is 3.81. The van der Waals surface area contributed by atoms with Crippen molar-refractivity contribution >= 4 is 17.5 Å². The normalized spacial score (nSPS) is 11.9. The number of aliphatic hydroxyl groups excluding tert-OH is 1. The lowest BCUT2D eigenvalue weighted by molar-refractivity contribution is 0.170. The van der Waals surface area contributed by atoms with Crippen molar-refractivity contribution in [3.63, 3.8) is 0 Å². The molecule has 5 rings (SSSR count). The van der Waals surface area contributed by atoms with E-state index in [2.05, 4.69) is 25.7 Å². The van der Waals surface area contributed by atoms with Crippen LogP contribution in [-0.4, -0.2) is 42.2 Å². The summed E-state index contributed by atoms with van der Waals surface area (Å²) in [5, 5.41) is 20.0. The molecule has 36 heavy (non-hydrogen) atoms. The first-order chi connectivity index (χ1) is 17.5. The first kappa shape index (κ1) is 23.1. The summed E-state index contributed by atoms with van der Waals surface area (Å²) in [4.78, 5) is 25.5. The number of amides is 2. The molecule has 1 atom stereocenters. The van der Waals surface area contributed by atoms with Gasteiger partial charge in [-0.1, -0.05) is 6.07 Å². The fourth-order valence-electron chi connectivity index (χ4n) is 3.81. The summed E-state index contributed by atoms with van der Waals surface area (Å²) in [6.07, 6.45) is 3.85. The summed E-state index contributed by atoms with van der Waals surface area (Å²) < 4.78 is 15.6. The zero-order valence-electron chi connectivity index (χ0n) is 19.3. The fraction of sp³-hybridized carbons (Fsp3) is 0.115. The number of pyridine rings is 2. The summed E-state index contributed by atoms with van der Waals surface area (Å²) >= 11 is 0. The average Bonchev–Trinajstić information content (AvgIpc) is 3.29. The van der Waals surface area contributed by atoms with Crippen LogP contribution in [0.25, 0.3) is 28.2 Å². The Kier molecular flexibility index (Phi) is 6.33. The van der Waals surface area contributed by atoms with Crippen LogP contribution in [0, 0.1) is 12.7 Å². The minimum atomic E-state index is -0.942. The van der Waals surface area contributed by atoms with Crippen molar-refractivity contribution in [2.75, 3.05) is 11.9 Å². The number of nitrogens with zero attached hydrogens (tertiary/aromatic N) is 5. The number of aryl methyl sites for hydroxylation is 1. The van der Waals surface area contributed by atoms with E-state index < -0.39 is 12.1 Å². The number of fused-ring (bicyclic) bond motifs is 1. The van der Waals surface area contributed by atoms with E-state index in [9.17, 15) is 14.3 Å². The molecule has 0 saturated heterocycles. The molecule has 0 aliphatic rings. The quantitative estimate of drug-likeness (QED) is 0.334. The Morgan fingerprint density at radius 3 is 2.72 bits per heavy atom. The number of hydrogen-bond donors (Lipinski definition) is 3. The molecule has 0 aliphatic carbocycles. The molecule has 1 aromatic carbocycles. The summed E-state index contributed by atoms with van der Waals surface area (Å²) in [7, 11) is 0. The van der Waals surface area contributed by atoms with Crippen LogP contribution in [0.5, 0.6) is 0 Å². The lowest BCUT2D eigenvalue weighted by Crippen LogP contribution is -2.32. The number of urea groups is 1. The highest BCUT2D eigenvalue weighted by molar-refractivity contribution is 5.90. The molecule has 0 saturated carbocycles. The van der Waals surface area contributed by atoms with Gasteiger partial charge in [-0.15, -0.1) is 0 Å². The number of aromatic nitrogens is 5. The third-order valence-corrected chi connectivity index (χ3v) is 5.58. The summed E-state index contributed by atoms with van der Waals surface area (Å²) in [5.41, 5.74) is 4.33. The number of imidazole rings is 1. The van der Waals surface area contributed by atoms with E-state index in [0.717, 1.165) is 5.56 Å². The first-order valence-electron chi connectivity index (χ1n) is 11.2. The second kappa shape index (κ2) is 9.88. The molecule has 2 amide bonds. The third kappa shape index (κ3) is 4.75. The van der Waals surface area contributed by atoms with Crippen LogP contribution in [-0.2, 0) is 0 Å². The van der Waals surface area contributed by atoms with Gasteiger partial charge in [0.2, 0.25) is 0 Å². The van der Waals surface area contributed by atoms with Crippen molar-refractivity contribution in [1.29, 1.82) is 0 Å². The monoisotopic (exact) mass is 483 g/mol. The van der Waals surface area contributed by atoms with Gasteiger partial charge in [0.15, 0.2) is 5.65 Å². The number of rotatable bonds is 6. The van der Waals surface area contributed by atoms with Gasteiger partial charge in [-0.3, -0.25) is 10.3 Å². The molecule has 5 aromatic rings. The highest BCUT2D eigenvalue weighted by Gasteiger charge is 2.18. The van der Waals surface area contributed by atoms with Crippen LogP contribution in [0.4, 0.5) is 15.0 Å². The Labute approximate surface area is 205 Å². The zero-order valence-corrected chi connectivity index (χ0v) is 19.3. The minimum absolute atomic E-state index is 0.0201. The van der Waals surface area contributed by atoms with Gasteiger partial charge in [0, 0.05) is 29.7 Å².